The smallest absolute Gasteiger partial charge is 0.0856 e. The predicted octanol–water partition coefficient (Wildman–Crippen LogP) is 7.58. The summed E-state index contributed by atoms with van der Waals surface area (Å²) in [5.74, 6) is 2.82. The van der Waals surface area contributed by atoms with E-state index in [-0.39, 0.29) is 0 Å². The maximum absolute atomic E-state index is 2.79. The molecule has 2 aliphatic rings. The van der Waals surface area contributed by atoms with E-state index < -0.39 is 0 Å². The van der Waals surface area contributed by atoms with Crippen molar-refractivity contribution in [3.8, 4) is 0 Å². The Balaban J connectivity index is 2.05. The van der Waals surface area contributed by atoms with E-state index >= 15 is 0 Å². The zero-order valence-electron chi connectivity index (χ0n) is 16.0. The summed E-state index contributed by atoms with van der Waals surface area (Å²) in [4.78, 5) is 0. The maximum Gasteiger partial charge on any atom is 0.114 e. The van der Waals surface area contributed by atoms with E-state index in [0.717, 1.165) is 17.7 Å². The molecule has 2 rings (SSSR count). The van der Waals surface area contributed by atoms with Gasteiger partial charge in [-0.05, 0) is 32.1 Å². The SMILES string of the molecule is CC(C)=CCC1CCCCCC[B]C1C1CCCCCCCC1. The molecule has 0 spiro atoms. The highest BCUT2D eigenvalue weighted by Gasteiger charge is 2.29. The van der Waals surface area contributed by atoms with Crippen molar-refractivity contribution < 1.29 is 0 Å². The molecule has 1 radical (unpaired) electrons. The minimum Gasteiger partial charge on any atom is -0.0856 e. The Kier molecular flexibility index (Phi) is 9.46. The van der Waals surface area contributed by atoms with Gasteiger partial charge in [-0.15, -0.1) is 0 Å². The molecule has 1 aliphatic carbocycles. The Labute approximate surface area is 147 Å². The Morgan fingerprint density at radius 3 is 2.00 bits per heavy atom. The van der Waals surface area contributed by atoms with Gasteiger partial charge in [-0.2, -0.15) is 0 Å². The molecule has 0 N–H and O–H groups in total. The van der Waals surface area contributed by atoms with E-state index in [1.807, 2.05) is 0 Å². The van der Waals surface area contributed by atoms with E-state index in [2.05, 4.69) is 27.2 Å². The molecule has 23 heavy (non-hydrogen) atoms. The standard InChI is InChI=1S/C22H40B/c1-19(2)16-17-21-15-11-7-8-12-18-23-22(21)20-13-9-5-3-4-6-10-14-20/h16,20-22H,3-15,17-18H2,1-2H3. The average Bonchev–Trinajstić information content (AvgIpc) is 2.74. The van der Waals surface area contributed by atoms with Crippen LogP contribution in [0, 0.1) is 11.8 Å². The van der Waals surface area contributed by atoms with Gasteiger partial charge in [0, 0.05) is 0 Å². The molecule has 0 aromatic heterocycles. The minimum atomic E-state index is 0.904. The number of allylic oxidation sites excluding steroid dienone is 2. The summed E-state index contributed by atoms with van der Waals surface area (Å²) in [7, 11) is 2.79. The molecule has 1 heterocycles. The van der Waals surface area contributed by atoms with Crippen molar-refractivity contribution in [3.63, 3.8) is 0 Å². The van der Waals surface area contributed by atoms with Crippen LogP contribution in [0.2, 0.25) is 12.1 Å². The summed E-state index contributed by atoms with van der Waals surface area (Å²) >= 11 is 0. The van der Waals surface area contributed by atoms with Crippen molar-refractivity contribution in [2.45, 2.75) is 116 Å². The summed E-state index contributed by atoms with van der Waals surface area (Å²) in [6.45, 7) is 4.54. The van der Waals surface area contributed by atoms with Gasteiger partial charge in [-0.1, -0.05) is 107 Å². The zero-order chi connectivity index (χ0) is 16.3. The van der Waals surface area contributed by atoms with Crippen LogP contribution < -0.4 is 0 Å². The lowest BCUT2D eigenvalue weighted by Crippen LogP contribution is -2.24. The van der Waals surface area contributed by atoms with Crippen molar-refractivity contribution >= 4 is 7.28 Å². The lowest BCUT2D eigenvalue weighted by atomic mass is 9.50. The topological polar surface area (TPSA) is 0 Å². The molecule has 0 aromatic rings. The first kappa shape index (κ1) is 19.1. The maximum atomic E-state index is 2.79. The van der Waals surface area contributed by atoms with Gasteiger partial charge in [0.25, 0.3) is 0 Å². The van der Waals surface area contributed by atoms with Gasteiger partial charge < -0.3 is 0 Å². The third-order valence-corrected chi connectivity index (χ3v) is 6.29. The van der Waals surface area contributed by atoms with Crippen molar-refractivity contribution in [1.29, 1.82) is 0 Å². The second kappa shape index (κ2) is 11.4. The van der Waals surface area contributed by atoms with Crippen molar-refractivity contribution in [2.75, 3.05) is 0 Å². The second-order valence-electron chi connectivity index (χ2n) is 8.54. The van der Waals surface area contributed by atoms with Crippen molar-refractivity contribution in [1.82, 2.24) is 0 Å². The molecule has 1 heteroatoms. The zero-order valence-corrected chi connectivity index (χ0v) is 16.0. The number of rotatable bonds is 3. The summed E-state index contributed by atoms with van der Waals surface area (Å²) in [6, 6.07) is 0. The monoisotopic (exact) mass is 315 g/mol. The van der Waals surface area contributed by atoms with E-state index in [4.69, 9.17) is 0 Å². The molecular formula is C22H40B. The molecule has 131 valence electrons. The largest absolute Gasteiger partial charge is 0.114 e. The van der Waals surface area contributed by atoms with Crippen LogP contribution in [0.25, 0.3) is 0 Å². The van der Waals surface area contributed by atoms with E-state index in [0.29, 0.717) is 0 Å². The first-order valence-electron chi connectivity index (χ1n) is 10.7. The lowest BCUT2D eigenvalue weighted by molar-refractivity contribution is 0.307. The van der Waals surface area contributed by atoms with E-state index in [1.165, 1.54) is 102 Å². The third-order valence-electron chi connectivity index (χ3n) is 6.29. The van der Waals surface area contributed by atoms with Crippen molar-refractivity contribution in [2.24, 2.45) is 11.8 Å². The summed E-state index contributed by atoms with van der Waals surface area (Å²) in [5, 5.41) is 0. The minimum absolute atomic E-state index is 0.904. The Morgan fingerprint density at radius 1 is 0.783 bits per heavy atom. The van der Waals surface area contributed by atoms with Gasteiger partial charge in [0.1, 0.15) is 7.28 Å². The first-order chi connectivity index (χ1) is 11.3. The Morgan fingerprint density at radius 2 is 1.35 bits per heavy atom. The molecular weight excluding hydrogens is 275 g/mol. The van der Waals surface area contributed by atoms with Crippen LogP contribution in [0.3, 0.4) is 0 Å². The molecule has 1 saturated carbocycles. The van der Waals surface area contributed by atoms with Crippen LogP contribution in [0.5, 0.6) is 0 Å². The fourth-order valence-corrected chi connectivity index (χ4v) is 4.89. The van der Waals surface area contributed by atoms with Gasteiger partial charge in [0.05, 0.1) is 0 Å². The van der Waals surface area contributed by atoms with Gasteiger partial charge in [0.2, 0.25) is 0 Å². The fourth-order valence-electron chi connectivity index (χ4n) is 4.89. The number of hydrogen-bond donors (Lipinski definition) is 0. The van der Waals surface area contributed by atoms with Gasteiger partial charge >= 0.3 is 0 Å². The highest BCUT2D eigenvalue weighted by atomic mass is 14.3. The summed E-state index contributed by atoms with van der Waals surface area (Å²) < 4.78 is 0. The molecule has 0 amide bonds. The second-order valence-corrected chi connectivity index (χ2v) is 8.54. The van der Waals surface area contributed by atoms with Crippen LogP contribution in [0.15, 0.2) is 11.6 Å². The van der Waals surface area contributed by atoms with Crippen LogP contribution in [0.1, 0.15) is 104 Å². The molecule has 0 nitrogen and oxygen atoms in total. The highest BCUT2D eigenvalue weighted by Crippen LogP contribution is 2.41. The van der Waals surface area contributed by atoms with Crippen LogP contribution in [0.4, 0.5) is 0 Å². The van der Waals surface area contributed by atoms with E-state index in [9.17, 15) is 0 Å². The van der Waals surface area contributed by atoms with Crippen molar-refractivity contribution in [3.05, 3.63) is 11.6 Å². The predicted molar refractivity (Wildman–Crippen MR) is 105 cm³/mol. The molecule has 0 aromatic carbocycles. The molecule has 2 fully saturated rings. The summed E-state index contributed by atoms with van der Waals surface area (Å²) in [5.41, 5.74) is 1.51. The summed E-state index contributed by atoms with van der Waals surface area (Å²) in [6.07, 6.45) is 24.5. The third kappa shape index (κ3) is 7.48. The van der Waals surface area contributed by atoms with Gasteiger partial charge in [-0.3, -0.25) is 0 Å². The first-order valence-corrected chi connectivity index (χ1v) is 10.7. The van der Waals surface area contributed by atoms with Crippen LogP contribution in [-0.2, 0) is 0 Å². The Bertz CT molecular complexity index is 319. The Hall–Kier alpha value is -0.195. The lowest BCUT2D eigenvalue weighted by Gasteiger charge is -2.34. The fraction of sp³-hybridized carbons (Fsp3) is 0.909. The van der Waals surface area contributed by atoms with Crippen LogP contribution in [-0.4, -0.2) is 7.28 Å². The average molecular weight is 315 g/mol. The van der Waals surface area contributed by atoms with E-state index in [1.54, 1.807) is 0 Å². The molecule has 2 atom stereocenters. The molecule has 1 saturated heterocycles. The normalized spacial score (nSPS) is 29.0. The number of hydrogen-bond acceptors (Lipinski definition) is 0. The molecule has 2 unspecified atom stereocenters. The van der Waals surface area contributed by atoms with Gasteiger partial charge in [0.15, 0.2) is 0 Å². The quantitative estimate of drug-likeness (QED) is 0.372. The van der Waals surface area contributed by atoms with Gasteiger partial charge in [-0.25, -0.2) is 0 Å². The molecule has 1 aliphatic heterocycles. The van der Waals surface area contributed by atoms with Crippen LogP contribution >= 0.6 is 0 Å². The highest BCUT2D eigenvalue weighted by molar-refractivity contribution is 6.37. The molecule has 0 bridgehead atoms.